The zero-order chi connectivity index (χ0) is 26.9. The molecule has 196 valence electrons. The molecule has 1 aromatic heterocycles. The lowest BCUT2D eigenvalue weighted by atomic mass is 9.83. The highest BCUT2D eigenvalue weighted by Crippen LogP contribution is 2.42. The summed E-state index contributed by atoms with van der Waals surface area (Å²) in [5.74, 6) is 2.01. The maximum Gasteiger partial charge on any atom is 0.271 e. The molecule has 0 saturated carbocycles. The van der Waals surface area contributed by atoms with E-state index in [-0.39, 0.29) is 11.6 Å². The monoisotopic (exact) mass is 536 g/mol. The normalized spacial score (nSPS) is 16.1. The summed E-state index contributed by atoms with van der Waals surface area (Å²) < 4.78 is 19.3. The van der Waals surface area contributed by atoms with Gasteiger partial charge < -0.3 is 14.2 Å². The molecule has 7 heteroatoms. The van der Waals surface area contributed by atoms with Crippen LogP contribution in [0.15, 0.2) is 94.7 Å². The van der Waals surface area contributed by atoms with Gasteiger partial charge in [0.2, 0.25) is 0 Å². The Balaban J connectivity index is 1.56. The highest BCUT2D eigenvalue weighted by Gasteiger charge is 2.33. The van der Waals surface area contributed by atoms with Gasteiger partial charge in [0.15, 0.2) is 16.3 Å². The number of nitrogens with zero attached hydrogens (tertiary/aromatic N) is 2. The number of hydrogen-bond donors (Lipinski definition) is 0. The van der Waals surface area contributed by atoms with E-state index in [0.29, 0.717) is 27.4 Å². The Labute approximate surface area is 230 Å². The van der Waals surface area contributed by atoms with Crippen LogP contribution >= 0.6 is 11.3 Å². The number of ether oxygens (including phenoxy) is 3. The predicted molar refractivity (Wildman–Crippen MR) is 154 cm³/mol. The van der Waals surface area contributed by atoms with Crippen LogP contribution in [-0.2, 0) is 6.42 Å². The molecule has 0 spiro atoms. The molecule has 0 amide bonds. The second-order valence-electron chi connectivity index (χ2n) is 9.40. The van der Waals surface area contributed by atoms with Crippen molar-refractivity contribution < 1.29 is 14.2 Å². The van der Waals surface area contributed by atoms with E-state index in [1.807, 2.05) is 59.2 Å². The standard InChI is InChI=1S/C32H28N2O4S/c1-4-16-38-23-10-7-8-20(17-23)18-28-31(35)34-30(22-13-15-26(36-2)27(19-22)37-3)25-14-12-21-9-5-6-11-24(21)29(25)33-32(34)39-28/h4-11,13,15,17-19,30H,1,12,14,16H2,2-3H3. The second-order valence-corrected chi connectivity index (χ2v) is 10.4. The van der Waals surface area contributed by atoms with Crippen LogP contribution in [0.4, 0.5) is 0 Å². The van der Waals surface area contributed by atoms with Crippen molar-refractivity contribution in [2.75, 3.05) is 20.8 Å². The lowest BCUT2D eigenvalue weighted by Crippen LogP contribution is -2.38. The molecule has 3 aromatic carbocycles. The zero-order valence-corrected chi connectivity index (χ0v) is 22.7. The van der Waals surface area contributed by atoms with Crippen molar-refractivity contribution >= 4 is 23.1 Å². The molecule has 6 rings (SSSR count). The summed E-state index contributed by atoms with van der Waals surface area (Å²) in [5.41, 5.74) is 6.29. The first kappa shape index (κ1) is 24.9. The van der Waals surface area contributed by atoms with E-state index in [1.54, 1.807) is 20.3 Å². The van der Waals surface area contributed by atoms with E-state index in [9.17, 15) is 4.79 Å². The first-order chi connectivity index (χ1) is 19.1. The van der Waals surface area contributed by atoms with Crippen molar-refractivity contribution in [3.8, 4) is 17.2 Å². The fraction of sp³-hybridized carbons (Fsp3) is 0.188. The Morgan fingerprint density at radius 2 is 1.87 bits per heavy atom. The number of aryl methyl sites for hydroxylation is 1. The molecule has 6 nitrogen and oxygen atoms in total. The van der Waals surface area contributed by atoms with Crippen LogP contribution in [0, 0.1) is 0 Å². The third-order valence-corrected chi connectivity index (χ3v) is 8.10. The summed E-state index contributed by atoms with van der Waals surface area (Å²) in [4.78, 5) is 19.8. The predicted octanol–water partition coefficient (Wildman–Crippen LogP) is 4.90. The van der Waals surface area contributed by atoms with Gasteiger partial charge in [-0.25, -0.2) is 4.99 Å². The third kappa shape index (κ3) is 4.49. The van der Waals surface area contributed by atoms with Crippen molar-refractivity contribution in [2.24, 2.45) is 4.99 Å². The van der Waals surface area contributed by atoms with Crippen LogP contribution in [0.5, 0.6) is 17.2 Å². The first-order valence-corrected chi connectivity index (χ1v) is 13.6. The van der Waals surface area contributed by atoms with Gasteiger partial charge in [0.05, 0.1) is 30.5 Å². The van der Waals surface area contributed by atoms with Gasteiger partial charge in [0, 0.05) is 5.56 Å². The molecule has 1 atom stereocenters. The van der Waals surface area contributed by atoms with E-state index in [0.717, 1.165) is 46.6 Å². The van der Waals surface area contributed by atoms with Crippen LogP contribution in [0.2, 0.25) is 0 Å². The molecule has 39 heavy (non-hydrogen) atoms. The minimum atomic E-state index is -0.297. The molecular formula is C32H28N2O4S. The minimum Gasteiger partial charge on any atom is -0.493 e. The van der Waals surface area contributed by atoms with E-state index < -0.39 is 0 Å². The van der Waals surface area contributed by atoms with Crippen molar-refractivity contribution in [3.05, 3.63) is 127 Å². The highest BCUT2D eigenvalue weighted by atomic mass is 32.1. The van der Waals surface area contributed by atoms with Crippen molar-refractivity contribution in [3.63, 3.8) is 0 Å². The SMILES string of the molecule is C=CCOc1cccc(C=c2sc3n(c2=O)C(c2ccc(OC)c(OC)c2)C2=C(N=3)c3ccccc3CC2)c1. The first-order valence-electron chi connectivity index (χ1n) is 12.8. The minimum absolute atomic E-state index is 0.0682. The van der Waals surface area contributed by atoms with Gasteiger partial charge in [-0.3, -0.25) is 9.36 Å². The third-order valence-electron chi connectivity index (χ3n) is 7.12. The van der Waals surface area contributed by atoms with E-state index in [1.165, 1.54) is 16.9 Å². The molecule has 1 aliphatic carbocycles. The fourth-order valence-corrected chi connectivity index (χ4v) is 6.35. The maximum atomic E-state index is 14.0. The highest BCUT2D eigenvalue weighted by molar-refractivity contribution is 7.07. The topological polar surface area (TPSA) is 62.0 Å². The summed E-state index contributed by atoms with van der Waals surface area (Å²) in [6.07, 6.45) is 5.34. The molecule has 1 unspecified atom stereocenters. The van der Waals surface area contributed by atoms with Crippen molar-refractivity contribution in [1.82, 2.24) is 4.57 Å². The van der Waals surface area contributed by atoms with Crippen molar-refractivity contribution in [2.45, 2.75) is 18.9 Å². The lowest BCUT2D eigenvalue weighted by Gasteiger charge is -2.31. The molecule has 0 N–H and O–H groups in total. The Kier molecular flexibility index (Phi) is 6.67. The number of fused-ring (bicyclic) bond motifs is 3. The van der Waals surface area contributed by atoms with E-state index in [4.69, 9.17) is 19.2 Å². The van der Waals surface area contributed by atoms with Gasteiger partial charge in [0.25, 0.3) is 5.56 Å². The summed E-state index contributed by atoms with van der Waals surface area (Å²) in [6, 6.07) is 21.7. The number of hydrogen-bond acceptors (Lipinski definition) is 6. The average Bonchev–Trinajstić information content (AvgIpc) is 3.28. The molecule has 4 aromatic rings. The molecule has 0 saturated heterocycles. The summed E-state index contributed by atoms with van der Waals surface area (Å²) in [5, 5.41) is 0. The Bertz CT molecular complexity index is 1800. The van der Waals surface area contributed by atoms with Gasteiger partial charge in [-0.1, -0.05) is 66.5 Å². The molecule has 0 fully saturated rings. The molecule has 1 aliphatic heterocycles. The van der Waals surface area contributed by atoms with Crippen LogP contribution < -0.4 is 29.1 Å². The largest absolute Gasteiger partial charge is 0.493 e. The molecule has 2 heterocycles. The Morgan fingerprint density at radius 3 is 2.69 bits per heavy atom. The smallest absolute Gasteiger partial charge is 0.271 e. The number of aromatic nitrogens is 1. The average molecular weight is 537 g/mol. The maximum absolute atomic E-state index is 14.0. The van der Waals surface area contributed by atoms with Gasteiger partial charge in [-0.2, -0.15) is 0 Å². The Morgan fingerprint density at radius 1 is 1.03 bits per heavy atom. The van der Waals surface area contributed by atoms with Gasteiger partial charge in [0.1, 0.15) is 12.4 Å². The van der Waals surface area contributed by atoms with Crippen LogP contribution in [0.1, 0.15) is 34.7 Å². The van der Waals surface area contributed by atoms with Crippen LogP contribution in [0.3, 0.4) is 0 Å². The second kappa shape index (κ2) is 10.4. The lowest BCUT2D eigenvalue weighted by molar-refractivity contribution is 0.354. The summed E-state index contributed by atoms with van der Waals surface area (Å²) in [7, 11) is 3.25. The summed E-state index contributed by atoms with van der Waals surface area (Å²) in [6.45, 7) is 4.13. The fourth-order valence-electron chi connectivity index (χ4n) is 5.35. The van der Waals surface area contributed by atoms with E-state index in [2.05, 4.69) is 24.8 Å². The number of thiazole rings is 1. The molecule has 2 aliphatic rings. The quantitative estimate of drug-likeness (QED) is 0.315. The number of benzene rings is 3. The van der Waals surface area contributed by atoms with Crippen LogP contribution in [0.25, 0.3) is 11.8 Å². The Hall–Kier alpha value is -4.36. The van der Waals surface area contributed by atoms with Gasteiger partial charge in [-0.05, 0) is 65.4 Å². The number of allylic oxidation sites excluding steroid dienone is 1. The molecule has 0 radical (unpaired) electrons. The van der Waals surface area contributed by atoms with Gasteiger partial charge >= 0.3 is 0 Å². The molecule has 0 bridgehead atoms. The summed E-state index contributed by atoms with van der Waals surface area (Å²) >= 11 is 1.41. The van der Waals surface area contributed by atoms with Crippen LogP contribution in [-0.4, -0.2) is 25.4 Å². The van der Waals surface area contributed by atoms with Crippen molar-refractivity contribution in [1.29, 1.82) is 0 Å². The molecular weight excluding hydrogens is 508 g/mol. The van der Waals surface area contributed by atoms with Gasteiger partial charge in [-0.15, -0.1) is 0 Å². The van der Waals surface area contributed by atoms with E-state index >= 15 is 0 Å². The zero-order valence-electron chi connectivity index (χ0n) is 21.8. The number of rotatable bonds is 7. The number of methoxy groups -OCH3 is 2.